The fourth-order valence-electron chi connectivity index (χ4n) is 2.80. The number of ether oxygens (including phenoxy) is 2. The van der Waals surface area contributed by atoms with Crippen molar-refractivity contribution in [1.82, 2.24) is 5.43 Å². The third-order valence-corrected chi connectivity index (χ3v) is 5.17. The zero-order valence-electron chi connectivity index (χ0n) is 16.1. The van der Waals surface area contributed by atoms with Gasteiger partial charge >= 0.3 is 0 Å². The summed E-state index contributed by atoms with van der Waals surface area (Å²) < 4.78 is 11.8. The van der Waals surface area contributed by atoms with E-state index in [2.05, 4.69) is 26.5 Å². The van der Waals surface area contributed by atoms with Crippen LogP contribution in [0, 0.1) is 0 Å². The lowest BCUT2D eigenvalue weighted by Crippen LogP contribution is -2.35. The molecule has 0 radical (unpaired) electrons. The predicted octanol–water partition coefficient (Wildman–Crippen LogP) is 4.62. The van der Waals surface area contributed by atoms with E-state index in [0.29, 0.717) is 23.5 Å². The molecule has 0 saturated carbocycles. The van der Waals surface area contributed by atoms with Crippen LogP contribution in [0.15, 0.2) is 64.2 Å². The lowest BCUT2D eigenvalue weighted by Gasteiger charge is -2.17. The van der Waals surface area contributed by atoms with E-state index in [4.69, 9.17) is 9.47 Å². The van der Waals surface area contributed by atoms with Crippen LogP contribution >= 0.6 is 15.9 Å². The van der Waals surface area contributed by atoms with E-state index in [1.165, 1.54) is 19.4 Å². The molecule has 0 aromatic heterocycles. The summed E-state index contributed by atoms with van der Waals surface area (Å²) >= 11 is 3.57. The number of benzene rings is 3. The van der Waals surface area contributed by atoms with Gasteiger partial charge in [-0.3, -0.25) is 4.79 Å². The van der Waals surface area contributed by atoms with Crippen molar-refractivity contribution in [3.63, 3.8) is 0 Å². The van der Waals surface area contributed by atoms with Gasteiger partial charge in [0.05, 0.1) is 17.8 Å². The molecule has 0 aliphatic rings. The molecule has 150 valence electrons. The van der Waals surface area contributed by atoms with Gasteiger partial charge in [0.25, 0.3) is 5.91 Å². The zero-order chi connectivity index (χ0) is 20.8. The maximum atomic E-state index is 12.5. The molecule has 0 heterocycles. The van der Waals surface area contributed by atoms with E-state index in [-0.39, 0.29) is 11.7 Å². The third-order valence-electron chi connectivity index (χ3n) is 4.35. The van der Waals surface area contributed by atoms with Crippen molar-refractivity contribution in [2.24, 2.45) is 5.10 Å². The fourth-order valence-corrected chi connectivity index (χ4v) is 3.38. The van der Waals surface area contributed by atoms with Crippen molar-refractivity contribution in [2.75, 3.05) is 7.11 Å². The number of phenolic OH excluding ortho intramolecular Hbond substituents is 1. The number of aromatic hydroxyl groups is 1. The first-order valence-electron chi connectivity index (χ1n) is 9.07. The second kappa shape index (κ2) is 9.43. The van der Waals surface area contributed by atoms with E-state index in [9.17, 15) is 9.90 Å². The van der Waals surface area contributed by atoms with Gasteiger partial charge in [-0.25, -0.2) is 5.43 Å². The molecule has 0 fully saturated rings. The predicted molar refractivity (Wildman–Crippen MR) is 117 cm³/mol. The maximum Gasteiger partial charge on any atom is 0.281 e. The number of hydrazone groups is 1. The Hall–Kier alpha value is -3.06. The summed E-state index contributed by atoms with van der Waals surface area (Å²) in [5.41, 5.74) is 3.17. The maximum absolute atomic E-state index is 12.5. The number of rotatable bonds is 7. The van der Waals surface area contributed by atoms with Crippen LogP contribution in [-0.4, -0.2) is 30.4 Å². The highest BCUT2D eigenvalue weighted by Crippen LogP contribution is 2.33. The molecule has 1 amide bonds. The highest BCUT2D eigenvalue weighted by Gasteiger charge is 2.19. The number of methoxy groups -OCH3 is 1. The first-order chi connectivity index (χ1) is 14.0. The number of nitrogens with one attached hydrogen (secondary N) is 1. The summed E-state index contributed by atoms with van der Waals surface area (Å²) in [4.78, 5) is 12.5. The quantitative estimate of drug-likeness (QED) is 0.401. The van der Waals surface area contributed by atoms with Crippen LogP contribution in [0.2, 0.25) is 0 Å². The molecular formula is C22H21BrN2O4. The summed E-state index contributed by atoms with van der Waals surface area (Å²) in [7, 11) is 1.46. The SMILES string of the molecule is CCC(Oc1ccc2ccccc2c1Br)C(=O)N/N=C/c1ccc(O)c(OC)c1. The van der Waals surface area contributed by atoms with Crippen LogP contribution < -0.4 is 14.9 Å². The topological polar surface area (TPSA) is 80.2 Å². The van der Waals surface area contributed by atoms with Crippen molar-refractivity contribution < 1.29 is 19.4 Å². The largest absolute Gasteiger partial charge is 0.504 e. The minimum Gasteiger partial charge on any atom is -0.504 e. The van der Waals surface area contributed by atoms with Crippen LogP contribution in [-0.2, 0) is 4.79 Å². The summed E-state index contributed by atoms with van der Waals surface area (Å²) in [6.45, 7) is 1.87. The number of carbonyl (C=O) groups is 1. The van der Waals surface area contributed by atoms with Crippen LogP contribution in [0.5, 0.6) is 17.2 Å². The second-order valence-electron chi connectivity index (χ2n) is 6.28. The fraction of sp³-hybridized carbons (Fsp3) is 0.182. The standard InChI is InChI=1S/C22H21BrN2O4/c1-3-18(29-19-11-9-15-6-4-5-7-16(15)21(19)23)22(27)25-24-13-14-8-10-17(26)20(12-14)28-2/h4-13,18,26H,3H2,1-2H3,(H,25,27)/b24-13+. The number of hydrogen-bond acceptors (Lipinski definition) is 5. The monoisotopic (exact) mass is 456 g/mol. The summed E-state index contributed by atoms with van der Waals surface area (Å²) in [6.07, 6.45) is 1.26. The Morgan fingerprint density at radius 2 is 2.00 bits per heavy atom. The number of carbonyl (C=O) groups excluding carboxylic acids is 1. The van der Waals surface area contributed by atoms with E-state index >= 15 is 0 Å². The molecule has 0 spiro atoms. The smallest absolute Gasteiger partial charge is 0.281 e. The minimum atomic E-state index is -0.695. The lowest BCUT2D eigenvalue weighted by molar-refractivity contribution is -0.128. The Kier molecular flexibility index (Phi) is 6.72. The zero-order valence-corrected chi connectivity index (χ0v) is 17.6. The molecule has 2 N–H and O–H groups in total. The summed E-state index contributed by atoms with van der Waals surface area (Å²) in [5.74, 6) is 0.609. The van der Waals surface area contributed by atoms with Gasteiger partial charge in [0, 0.05) is 0 Å². The first kappa shape index (κ1) is 20.7. The highest BCUT2D eigenvalue weighted by atomic mass is 79.9. The molecule has 3 rings (SSSR count). The van der Waals surface area contributed by atoms with Gasteiger partial charge < -0.3 is 14.6 Å². The van der Waals surface area contributed by atoms with E-state index in [1.54, 1.807) is 12.1 Å². The minimum absolute atomic E-state index is 0.0362. The van der Waals surface area contributed by atoms with Gasteiger partial charge in [0.2, 0.25) is 0 Å². The Labute approximate surface area is 177 Å². The van der Waals surface area contributed by atoms with Gasteiger partial charge in [0.1, 0.15) is 5.75 Å². The molecule has 0 aliphatic carbocycles. The molecule has 3 aromatic rings. The van der Waals surface area contributed by atoms with Crippen molar-refractivity contribution in [3.05, 3.63) is 64.6 Å². The van der Waals surface area contributed by atoms with Gasteiger partial charge in [-0.1, -0.05) is 37.3 Å². The number of hydrogen-bond donors (Lipinski definition) is 2. The average molecular weight is 457 g/mol. The number of nitrogens with zero attached hydrogens (tertiary/aromatic N) is 1. The van der Waals surface area contributed by atoms with Crippen LogP contribution in [0.25, 0.3) is 10.8 Å². The molecule has 1 atom stereocenters. The Morgan fingerprint density at radius 3 is 2.76 bits per heavy atom. The average Bonchev–Trinajstić information content (AvgIpc) is 2.74. The van der Waals surface area contributed by atoms with Crippen LogP contribution in [0.3, 0.4) is 0 Å². The Morgan fingerprint density at radius 1 is 1.21 bits per heavy atom. The normalized spacial score (nSPS) is 12.1. The van der Waals surface area contributed by atoms with Gasteiger partial charge in [-0.15, -0.1) is 0 Å². The lowest BCUT2D eigenvalue weighted by atomic mass is 10.1. The van der Waals surface area contributed by atoms with Gasteiger partial charge in [0.15, 0.2) is 17.6 Å². The molecule has 0 saturated heterocycles. The van der Waals surface area contributed by atoms with Crippen LogP contribution in [0.4, 0.5) is 0 Å². The van der Waals surface area contributed by atoms with Crippen molar-refractivity contribution in [2.45, 2.75) is 19.4 Å². The van der Waals surface area contributed by atoms with Gasteiger partial charge in [-0.2, -0.15) is 5.10 Å². The molecular weight excluding hydrogens is 436 g/mol. The van der Waals surface area contributed by atoms with E-state index in [0.717, 1.165) is 15.2 Å². The van der Waals surface area contributed by atoms with E-state index < -0.39 is 6.10 Å². The number of halogens is 1. The molecule has 29 heavy (non-hydrogen) atoms. The Bertz CT molecular complexity index is 1050. The van der Waals surface area contributed by atoms with Crippen molar-refractivity contribution >= 4 is 38.8 Å². The third kappa shape index (κ3) is 4.86. The Balaban J connectivity index is 1.69. The van der Waals surface area contributed by atoms with Gasteiger partial charge in [-0.05, 0) is 63.0 Å². The molecule has 6 nitrogen and oxygen atoms in total. The molecule has 3 aromatic carbocycles. The summed E-state index contributed by atoms with van der Waals surface area (Å²) in [6, 6.07) is 16.5. The molecule has 7 heteroatoms. The number of amides is 1. The van der Waals surface area contributed by atoms with Crippen molar-refractivity contribution in [1.29, 1.82) is 0 Å². The highest BCUT2D eigenvalue weighted by molar-refractivity contribution is 9.10. The first-order valence-corrected chi connectivity index (χ1v) is 9.86. The molecule has 0 bridgehead atoms. The van der Waals surface area contributed by atoms with Crippen LogP contribution in [0.1, 0.15) is 18.9 Å². The molecule has 0 aliphatic heterocycles. The number of fused-ring (bicyclic) bond motifs is 1. The molecule has 1 unspecified atom stereocenters. The number of phenols is 1. The summed E-state index contributed by atoms with van der Waals surface area (Å²) in [5, 5.41) is 15.7. The van der Waals surface area contributed by atoms with E-state index in [1.807, 2.05) is 43.3 Å². The second-order valence-corrected chi connectivity index (χ2v) is 7.07. The van der Waals surface area contributed by atoms with Crippen molar-refractivity contribution in [3.8, 4) is 17.2 Å².